The molecule has 8 bridgehead atoms. The van der Waals surface area contributed by atoms with E-state index >= 15 is 0 Å². The summed E-state index contributed by atoms with van der Waals surface area (Å²) in [4.78, 5) is 43.9. The maximum Gasteiger partial charge on any atom is 0.164 e. The second kappa shape index (κ2) is 38.1. The van der Waals surface area contributed by atoms with E-state index in [1.807, 2.05) is 0 Å². The molecule has 0 radical (unpaired) electrons. The normalized spacial score (nSPS) is 12.0. The first kappa shape index (κ1) is 67.6. The molecule has 0 atom stereocenters. The lowest BCUT2D eigenvalue weighted by atomic mass is 10.1. The number of thioether (sulfide) groups is 4. The number of fused-ring (bicyclic) bond motifs is 20. The summed E-state index contributed by atoms with van der Waals surface area (Å²) < 4.78 is 66.1. The number of aromatic nitrogens is 8. The van der Waals surface area contributed by atoms with Gasteiger partial charge in [-0.05, 0) is 98.5 Å². The Balaban J connectivity index is 1.07. The molecular weight excluding hydrogens is 1200 g/mol. The second-order valence-corrected chi connectivity index (χ2v) is 24.8. The van der Waals surface area contributed by atoms with Gasteiger partial charge in [-0.25, -0.2) is 29.9 Å². The van der Waals surface area contributed by atoms with Gasteiger partial charge in [-0.2, -0.15) is 0 Å². The molecule has 0 spiro atoms. The van der Waals surface area contributed by atoms with Gasteiger partial charge in [-0.1, -0.05) is 0 Å². The number of nitrogens with one attached hydrogen (secondary N) is 2. The third-order valence-corrected chi connectivity index (χ3v) is 18.1. The Morgan fingerprint density at radius 1 is 0.273 bits per heavy atom. The number of aromatic amines is 2. The topological polar surface area (TPSA) is 220 Å². The number of ether oxygens (including phenoxy) is 12. The molecule has 2 aliphatic heterocycles. The maximum atomic E-state index is 5.87. The van der Waals surface area contributed by atoms with E-state index in [1.54, 1.807) is 75.5 Å². The first-order valence-electron chi connectivity index (χ1n) is 30.0. The number of hydrogen-bond donors (Lipinski definition) is 2. The highest BCUT2D eigenvalue weighted by atomic mass is 32.2. The molecule has 0 amide bonds. The van der Waals surface area contributed by atoms with Crippen molar-refractivity contribution in [3.05, 3.63) is 72.8 Å². The van der Waals surface area contributed by atoms with Crippen LogP contribution in [-0.2, 0) is 56.8 Å². The van der Waals surface area contributed by atoms with Gasteiger partial charge in [0.25, 0.3) is 0 Å². The number of nitrogens with zero attached hydrogens (tertiary/aromatic N) is 6. The fraction of sp³-hybridized carbons (Fsp3) is 0.500. The minimum Gasteiger partial charge on any atom is -0.382 e. The van der Waals surface area contributed by atoms with E-state index in [0.29, 0.717) is 178 Å². The van der Waals surface area contributed by atoms with Gasteiger partial charge in [0.15, 0.2) is 23.3 Å². The van der Waals surface area contributed by atoms with E-state index in [9.17, 15) is 0 Å². The fourth-order valence-electron chi connectivity index (χ4n) is 9.33. The molecule has 3 aromatic heterocycles. The monoisotopic (exact) mass is 1280 g/mol. The molecule has 474 valence electrons. The number of H-pyrrole nitrogens is 2. The van der Waals surface area contributed by atoms with Gasteiger partial charge in [-0.3, -0.25) is 0 Å². The van der Waals surface area contributed by atoms with Crippen LogP contribution in [-0.4, -0.2) is 223 Å². The first-order valence-corrected chi connectivity index (χ1v) is 34.0. The highest BCUT2D eigenvalue weighted by Gasteiger charge is 2.24. The van der Waals surface area contributed by atoms with Crippen molar-refractivity contribution >= 4 is 91.2 Å². The van der Waals surface area contributed by atoms with Crippen LogP contribution >= 0.6 is 47.0 Å². The average molecular weight is 1280 g/mol. The molecule has 0 saturated heterocycles. The summed E-state index contributed by atoms with van der Waals surface area (Å²) in [7, 11) is 6.67. The van der Waals surface area contributed by atoms with Gasteiger partial charge in [0.1, 0.15) is 22.6 Å². The second-order valence-electron chi connectivity index (χ2n) is 20.1. The number of hydrogen-bond acceptors (Lipinski definition) is 22. The van der Waals surface area contributed by atoms with E-state index in [4.69, 9.17) is 86.7 Å². The Labute approximate surface area is 532 Å². The Kier molecular flexibility index (Phi) is 29.3. The quantitative estimate of drug-likeness (QED) is 0.0268. The zero-order chi connectivity index (χ0) is 60.8. The van der Waals surface area contributed by atoms with Crippen molar-refractivity contribution in [2.45, 2.75) is 45.3 Å². The lowest BCUT2D eigenvalue weighted by Gasteiger charge is -2.07. The molecule has 88 heavy (non-hydrogen) atoms. The van der Waals surface area contributed by atoms with Crippen LogP contribution in [0.2, 0.25) is 0 Å². The minimum atomic E-state index is 0.540. The van der Waals surface area contributed by atoms with Crippen molar-refractivity contribution in [3.63, 3.8) is 0 Å². The van der Waals surface area contributed by atoms with E-state index < -0.39 is 0 Å². The lowest BCUT2D eigenvalue weighted by molar-refractivity contribution is 0.0251. The third kappa shape index (κ3) is 20.6. The summed E-state index contributed by atoms with van der Waals surface area (Å²) in [6.07, 6.45) is 3.51. The molecule has 4 aromatic carbocycles. The van der Waals surface area contributed by atoms with E-state index in [-0.39, 0.29) is 0 Å². The summed E-state index contributed by atoms with van der Waals surface area (Å²) >= 11 is 7.10. The molecule has 9 rings (SSSR count). The van der Waals surface area contributed by atoms with E-state index in [2.05, 4.69) is 82.8 Å². The molecule has 2 aliphatic rings. The van der Waals surface area contributed by atoms with Crippen LogP contribution in [0.5, 0.6) is 0 Å². The predicted octanol–water partition coefficient (Wildman–Crippen LogP) is 11.5. The van der Waals surface area contributed by atoms with Crippen LogP contribution in [0.25, 0.3) is 89.7 Å². The van der Waals surface area contributed by atoms with Crippen molar-refractivity contribution in [2.75, 3.05) is 184 Å². The summed E-state index contributed by atoms with van der Waals surface area (Å²) in [5.41, 5.74) is 6.03. The molecule has 20 nitrogen and oxygen atoms in total. The highest BCUT2D eigenvalue weighted by Crippen LogP contribution is 2.41. The van der Waals surface area contributed by atoms with Gasteiger partial charge >= 0.3 is 0 Å². The SMILES string of the molecule is COCCOCCOCCCSc1ccc2c(c1)-c1nc-2nc2[nH]c(nc3nc(nc4[nH]c(n1)c1ccc(SCCCOCCOCCOC)cc41)-c1ccc(SCCCOCCOCCOC)cc1-3)c1ccc(SCCCOCCOCCOC)cc21. The molecule has 0 fully saturated rings. The average Bonchev–Trinajstić information content (AvgIpc) is 2.24. The smallest absolute Gasteiger partial charge is 0.164 e. The molecule has 0 saturated carbocycles. The largest absolute Gasteiger partial charge is 0.382 e. The first-order chi connectivity index (χ1) is 43.5. The maximum absolute atomic E-state index is 5.87. The van der Waals surface area contributed by atoms with Gasteiger partial charge in [0, 0.05) is 141 Å². The van der Waals surface area contributed by atoms with Crippen LogP contribution in [0.15, 0.2) is 92.4 Å². The van der Waals surface area contributed by atoms with Crippen molar-refractivity contribution in [1.29, 1.82) is 0 Å². The summed E-state index contributed by atoms with van der Waals surface area (Å²) in [5.74, 6) is 5.63. The summed E-state index contributed by atoms with van der Waals surface area (Å²) in [6.45, 7) is 11.4. The molecule has 0 unspecified atom stereocenters. The van der Waals surface area contributed by atoms with E-state index in [1.165, 1.54) is 0 Å². The van der Waals surface area contributed by atoms with Crippen LogP contribution < -0.4 is 0 Å². The molecule has 7 aromatic rings. The Morgan fingerprint density at radius 3 is 0.852 bits per heavy atom. The Bertz CT molecular complexity index is 3210. The van der Waals surface area contributed by atoms with Gasteiger partial charge < -0.3 is 66.8 Å². The lowest BCUT2D eigenvalue weighted by Crippen LogP contribution is -2.09. The Hall–Kier alpha value is -4.84. The van der Waals surface area contributed by atoms with Crippen molar-refractivity contribution in [3.8, 4) is 45.6 Å². The fourth-order valence-corrected chi connectivity index (χ4v) is 12.8. The zero-order valence-electron chi connectivity index (χ0n) is 50.9. The summed E-state index contributed by atoms with van der Waals surface area (Å²) in [6, 6.07) is 25.8. The van der Waals surface area contributed by atoms with E-state index in [0.717, 1.165) is 112 Å². The number of rotatable bonds is 44. The predicted molar refractivity (Wildman–Crippen MR) is 351 cm³/mol. The van der Waals surface area contributed by atoms with Crippen LogP contribution in [0.1, 0.15) is 25.7 Å². The van der Waals surface area contributed by atoms with Crippen LogP contribution in [0, 0.1) is 0 Å². The van der Waals surface area contributed by atoms with Gasteiger partial charge in [-0.15, -0.1) is 47.0 Å². The van der Waals surface area contributed by atoms with Crippen molar-refractivity contribution < 1.29 is 56.8 Å². The third-order valence-electron chi connectivity index (χ3n) is 13.7. The number of benzene rings is 4. The molecule has 2 N–H and O–H groups in total. The standard InChI is InChI=1S/C64H82N8O12S4/c1-73-21-25-81-33-29-77-17-5-37-85-45-9-13-49-53(41-45)61-65-57(49)70-62-55-43-47(87-39-7-19-79-31-35-83-27-23-75-3)11-15-51(55)59(67-62)72-64-56-44-48(88-40-8-20-80-32-36-84-28-24-76-4)12-16-52(56)60(68-64)71-63-54-42-46(10-14-50(54)58(66-63)69-61)86-38-6-18-78-30-34-82-26-22-74-2/h9-16,41-44H,5-8,17-40H2,1-4H3,(H2,65,66,67,68,69,70,71,72). The van der Waals surface area contributed by atoms with Gasteiger partial charge in [0.2, 0.25) is 0 Å². The molecule has 5 heterocycles. The highest BCUT2D eigenvalue weighted by molar-refractivity contribution is 8.00. The van der Waals surface area contributed by atoms with Crippen molar-refractivity contribution in [2.24, 2.45) is 0 Å². The zero-order valence-corrected chi connectivity index (χ0v) is 54.2. The Morgan fingerprint density at radius 2 is 0.534 bits per heavy atom. The summed E-state index contributed by atoms with van der Waals surface area (Å²) in [5, 5.41) is 3.62. The number of methoxy groups -OCH3 is 4. The van der Waals surface area contributed by atoms with Crippen LogP contribution in [0.4, 0.5) is 0 Å². The molecular formula is C64H82N8O12S4. The molecule has 0 aliphatic carbocycles. The van der Waals surface area contributed by atoms with Gasteiger partial charge in [0.05, 0.1) is 106 Å². The van der Waals surface area contributed by atoms with Crippen molar-refractivity contribution in [1.82, 2.24) is 39.9 Å². The molecule has 24 heteroatoms. The van der Waals surface area contributed by atoms with Crippen LogP contribution in [0.3, 0.4) is 0 Å². The minimum absolute atomic E-state index is 0.540.